The van der Waals surface area contributed by atoms with Crippen LogP contribution in [0, 0.1) is 5.92 Å². The van der Waals surface area contributed by atoms with E-state index < -0.39 is 66.3 Å². The van der Waals surface area contributed by atoms with Gasteiger partial charge in [0.15, 0.2) is 0 Å². The molecule has 0 saturated carbocycles. The Kier molecular flexibility index (Phi) is 10.7. The monoisotopic (exact) mass is 403 g/mol. The summed E-state index contributed by atoms with van der Waals surface area (Å²) >= 11 is 0. The molecule has 0 bridgehead atoms. The number of rotatable bonds is 12. The Morgan fingerprint density at radius 3 is 1.79 bits per heavy atom. The van der Waals surface area contributed by atoms with E-state index in [0.717, 1.165) is 0 Å². The molecule has 28 heavy (non-hydrogen) atoms. The second kappa shape index (κ2) is 11.9. The Labute approximate surface area is 162 Å². The largest absolute Gasteiger partial charge is 0.480 e. The molecule has 4 atom stereocenters. The molecule has 0 aliphatic carbocycles. The number of carboxylic acids is 1. The summed E-state index contributed by atoms with van der Waals surface area (Å²) in [5.41, 5.74) is 10.5. The van der Waals surface area contributed by atoms with E-state index in [-0.39, 0.29) is 12.8 Å². The van der Waals surface area contributed by atoms with Gasteiger partial charge in [-0.25, -0.2) is 4.79 Å². The Bertz CT molecular complexity index is 594. The minimum atomic E-state index is -1.46. The number of carboxylic acid groups (broad SMARTS) is 1. The maximum atomic E-state index is 12.4. The number of hydrogen-bond donors (Lipinski definition) is 7. The lowest BCUT2D eigenvalue weighted by Gasteiger charge is -2.24. The van der Waals surface area contributed by atoms with Gasteiger partial charge in [-0.05, 0) is 19.3 Å². The lowest BCUT2D eigenvalue weighted by atomic mass is 10.0. The second-order valence-corrected chi connectivity index (χ2v) is 6.67. The number of aliphatic carboxylic acids is 1. The number of aliphatic hydroxyl groups is 1. The van der Waals surface area contributed by atoms with Crippen molar-refractivity contribution in [1.82, 2.24) is 16.0 Å². The average molecular weight is 403 g/mol. The first-order chi connectivity index (χ1) is 12.9. The van der Waals surface area contributed by atoms with Crippen molar-refractivity contribution in [3.63, 3.8) is 0 Å². The molecular formula is C16H29N5O7. The topological polar surface area (TPSA) is 214 Å². The van der Waals surface area contributed by atoms with E-state index in [1.165, 1.54) is 6.92 Å². The fraction of sp³-hybridized carbons (Fsp3) is 0.688. The summed E-state index contributed by atoms with van der Waals surface area (Å²) in [5, 5.41) is 25.3. The molecule has 4 amide bonds. The van der Waals surface area contributed by atoms with Crippen molar-refractivity contribution in [1.29, 1.82) is 0 Å². The number of aliphatic hydroxyl groups excluding tert-OH is 1. The summed E-state index contributed by atoms with van der Waals surface area (Å²) in [6, 6.07) is -4.84. The highest BCUT2D eigenvalue weighted by atomic mass is 16.4. The summed E-state index contributed by atoms with van der Waals surface area (Å²) < 4.78 is 0. The highest BCUT2D eigenvalue weighted by Crippen LogP contribution is 2.03. The standard InChI is InChI=1S/C16H29N5O7/c1-7(2)12(16(27)28)21-15(26)10(6-22)20-14(25)9(4-5-11(18)23)19-13(24)8(3)17/h7-10,12,22H,4-6,17H2,1-3H3,(H2,18,23)(H,19,24)(H,20,25)(H,21,26)(H,27,28). The first kappa shape index (κ1) is 25.3. The summed E-state index contributed by atoms with van der Waals surface area (Å²) in [6.45, 7) is 3.73. The Balaban J connectivity index is 5.19. The summed E-state index contributed by atoms with van der Waals surface area (Å²) in [5.74, 6) is -4.85. The van der Waals surface area contributed by atoms with Crippen molar-refractivity contribution in [2.75, 3.05) is 6.61 Å². The smallest absolute Gasteiger partial charge is 0.326 e. The lowest BCUT2D eigenvalue weighted by molar-refractivity contribution is -0.143. The molecule has 0 aromatic heterocycles. The van der Waals surface area contributed by atoms with E-state index >= 15 is 0 Å². The van der Waals surface area contributed by atoms with Gasteiger partial charge in [0.1, 0.15) is 18.1 Å². The summed E-state index contributed by atoms with van der Waals surface area (Å²) in [6.07, 6.45) is -0.370. The molecule has 0 fully saturated rings. The summed E-state index contributed by atoms with van der Waals surface area (Å²) in [7, 11) is 0. The summed E-state index contributed by atoms with van der Waals surface area (Å²) in [4.78, 5) is 58.6. The molecule has 0 radical (unpaired) electrons. The van der Waals surface area contributed by atoms with Crippen LogP contribution >= 0.6 is 0 Å². The van der Waals surface area contributed by atoms with Gasteiger partial charge in [-0.2, -0.15) is 0 Å². The van der Waals surface area contributed by atoms with Gasteiger partial charge in [-0.1, -0.05) is 13.8 Å². The van der Waals surface area contributed by atoms with Crippen LogP contribution in [0.2, 0.25) is 0 Å². The third-order valence-electron chi connectivity index (χ3n) is 3.77. The number of carbonyl (C=O) groups is 5. The third kappa shape index (κ3) is 8.77. The van der Waals surface area contributed by atoms with Gasteiger partial charge < -0.3 is 37.6 Å². The van der Waals surface area contributed by atoms with E-state index in [4.69, 9.17) is 16.6 Å². The quantitative estimate of drug-likeness (QED) is 0.175. The lowest BCUT2D eigenvalue weighted by Crippen LogP contribution is -2.58. The molecule has 0 spiro atoms. The van der Waals surface area contributed by atoms with E-state index in [9.17, 15) is 29.1 Å². The average Bonchev–Trinajstić information content (AvgIpc) is 2.59. The molecule has 0 aliphatic rings. The maximum Gasteiger partial charge on any atom is 0.326 e. The van der Waals surface area contributed by atoms with Crippen molar-refractivity contribution in [3.05, 3.63) is 0 Å². The van der Waals surface area contributed by atoms with E-state index in [2.05, 4.69) is 16.0 Å². The Morgan fingerprint density at radius 2 is 1.39 bits per heavy atom. The predicted octanol–water partition coefficient (Wildman–Crippen LogP) is -3.21. The van der Waals surface area contributed by atoms with Gasteiger partial charge in [0, 0.05) is 6.42 Å². The normalized spacial score (nSPS) is 15.1. The highest BCUT2D eigenvalue weighted by Gasteiger charge is 2.30. The van der Waals surface area contributed by atoms with Crippen molar-refractivity contribution >= 4 is 29.6 Å². The number of nitrogens with one attached hydrogen (secondary N) is 3. The van der Waals surface area contributed by atoms with Crippen LogP contribution in [0.1, 0.15) is 33.6 Å². The van der Waals surface area contributed by atoms with Crippen molar-refractivity contribution < 1.29 is 34.2 Å². The Hall–Kier alpha value is -2.73. The SMILES string of the molecule is CC(N)C(=O)NC(CCC(N)=O)C(=O)NC(CO)C(=O)NC(C(=O)O)C(C)C. The molecule has 0 saturated heterocycles. The van der Waals surface area contributed by atoms with Crippen molar-refractivity contribution in [2.24, 2.45) is 17.4 Å². The predicted molar refractivity (Wildman–Crippen MR) is 97.4 cm³/mol. The van der Waals surface area contributed by atoms with Gasteiger partial charge >= 0.3 is 5.97 Å². The van der Waals surface area contributed by atoms with Crippen molar-refractivity contribution in [3.8, 4) is 0 Å². The maximum absolute atomic E-state index is 12.4. The second-order valence-electron chi connectivity index (χ2n) is 6.67. The number of carbonyl (C=O) groups excluding carboxylic acids is 4. The molecule has 0 aliphatic heterocycles. The third-order valence-corrected chi connectivity index (χ3v) is 3.77. The van der Waals surface area contributed by atoms with Crippen LogP contribution in [-0.2, 0) is 24.0 Å². The molecule has 0 aromatic rings. The van der Waals surface area contributed by atoms with Gasteiger partial charge in [-0.3, -0.25) is 19.2 Å². The van der Waals surface area contributed by atoms with Gasteiger partial charge in [-0.15, -0.1) is 0 Å². The number of amides is 4. The van der Waals surface area contributed by atoms with E-state index in [1.807, 2.05) is 0 Å². The molecule has 12 nitrogen and oxygen atoms in total. The number of nitrogens with two attached hydrogens (primary N) is 2. The zero-order valence-electron chi connectivity index (χ0n) is 16.1. The minimum Gasteiger partial charge on any atom is -0.480 e. The van der Waals surface area contributed by atoms with Gasteiger partial charge in [0.25, 0.3) is 0 Å². The Morgan fingerprint density at radius 1 is 0.893 bits per heavy atom. The molecule has 9 N–H and O–H groups in total. The van der Waals surface area contributed by atoms with E-state index in [1.54, 1.807) is 13.8 Å². The van der Waals surface area contributed by atoms with Crippen LogP contribution in [0.3, 0.4) is 0 Å². The fourth-order valence-corrected chi connectivity index (χ4v) is 2.09. The van der Waals surface area contributed by atoms with E-state index in [0.29, 0.717) is 0 Å². The molecule has 12 heteroatoms. The van der Waals surface area contributed by atoms with Crippen LogP contribution < -0.4 is 27.4 Å². The van der Waals surface area contributed by atoms with Gasteiger partial charge in [0.05, 0.1) is 12.6 Å². The number of hydrogen-bond acceptors (Lipinski definition) is 7. The van der Waals surface area contributed by atoms with Crippen LogP contribution in [0.5, 0.6) is 0 Å². The van der Waals surface area contributed by atoms with Crippen LogP contribution in [0.4, 0.5) is 0 Å². The van der Waals surface area contributed by atoms with Crippen LogP contribution in [-0.4, -0.2) is 70.6 Å². The zero-order valence-corrected chi connectivity index (χ0v) is 16.1. The zero-order chi connectivity index (χ0) is 22.0. The van der Waals surface area contributed by atoms with Crippen LogP contribution in [0.25, 0.3) is 0 Å². The minimum absolute atomic E-state index is 0.150. The highest BCUT2D eigenvalue weighted by molar-refractivity contribution is 5.94. The molecule has 0 rings (SSSR count). The van der Waals surface area contributed by atoms with Gasteiger partial charge in [0.2, 0.25) is 23.6 Å². The van der Waals surface area contributed by atoms with Crippen LogP contribution in [0.15, 0.2) is 0 Å². The first-order valence-corrected chi connectivity index (χ1v) is 8.69. The molecular weight excluding hydrogens is 374 g/mol. The first-order valence-electron chi connectivity index (χ1n) is 8.69. The number of primary amides is 1. The molecule has 4 unspecified atom stereocenters. The molecule has 0 heterocycles. The molecule has 0 aromatic carbocycles. The fourth-order valence-electron chi connectivity index (χ4n) is 2.09. The van der Waals surface area contributed by atoms with Crippen molar-refractivity contribution in [2.45, 2.75) is 57.8 Å². The molecule has 160 valence electrons.